The average Bonchev–Trinajstić information content (AvgIpc) is 2.61. The van der Waals surface area contributed by atoms with Gasteiger partial charge in [-0.05, 0) is 42.3 Å². The van der Waals surface area contributed by atoms with Gasteiger partial charge in [-0.15, -0.1) is 4.83 Å². The Labute approximate surface area is 150 Å². The summed E-state index contributed by atoms with van der Waals surface area (Å²) in [6, 6.07) is 9.61. The van der Waals surface area contributed by atoms with Crippen molar-refractivity contribution in [1.82, 2.24) is 10.3 Å². The second-order valence-electron chi connectivity index (χ2n) is 5.23. The highest BCUT2D eigenvalue weighted by Crippen LogP contribution is 2.24. The number of ether oxygens (including phenoxy) is 1. The molecule has 1 amide bonds. The summed E-state index contributed by atoms with van der Waals surface area (Å²) in [5.41, 5.74) is 2.90. The van der Waals surface area contributed by atoms with Crippen molar-refractivity contribution in [3.8, 4) is 11.1 Å². The second-order valence-corrected chi connectivity index (χ2v) is 6.91. The first kappa shape index (κ1) is 19.5. The molecule has 26 heavy (non-hydrogen) atoms. The third-order valence-electron chi connectivity index (χ3n) is 3.32. The highest BCUT2D eigenvalue weighted by atomic mass is 32.2. The Kier molecular flexibility index (Phi) is 6.06. The molecule has 0 atom stereocenters. The van der Waals surface area contributed by atoms with Crippen LogP contribution < -0.4 is 10.3 Å². The monoisotopic (exact) mass is 380 g/mol. The molecule has 138 valence electrons. The summed E-state index contributed by atoms with van der Waals surface area (Å²) in [7, 11) is -3.91. The number of rotatable bonds is 6. The number of esters is 1. The summed E-state index contributed by atoms with van der Waals surface area (Å²) >= 11 is 0. The van der Waals surface area contributed by atoms with Crippen molar-refractivity contribution < 1.29 is 27.1 Å². The summed E-state index contributed by atoms with van der Waals surface area (Å²) in [6.07, 6.45) is 0. The number of amides is 1. The van der Waals surface area contributed by atoms with Crippen LogP contribution in [0.15, 0.2) is 47.4 Å². The lowest BCUT2D eigenvalue weighted by molar-refractivity contribution is -0.119. The fraction of sp³-hybridized carbons (Fsp3) is 0.176. The molecule has 0 bridgehead atoms. The molecule has 9 heteroatoms. The molecule has 0 unspecified atom stereocenters. The average molecular weight is 380 g/mol. The van der Waals surface area contributed by atoms with Gasteiger partial charge in [-0.25, -0.2) is 17.6 Å². The van der Waals surface area contributed by atoms with Crippen LogP contribution in [0.3, 0.4) is 0 Å². The lowest BCUT2D eigenvalue weighted by atomic mass is 10.0. The Morgan fingerprint density at radius 2 is 1.69 bits per heavy atom. The van der Waals surface area contributed by atoms with Gasteiger partial charge >= 0.3 is 5.97 Å². The van der Waals surface area contributed by atoms with Crippen molar-refractivity contribution >= 4 is 21.9 Å². The maximum Gasteiger partial charge on any atom is 0.341 e. The Morgan fingerprint density at radius 1 is 1.08 bits per heavy atom. The Bertz CT molecular complexity index is 927. The number of sulfonamides is 1. The van der Waals surface area contributed by atoms with E-state index in [2.05, 4.69) is 0 Å². The number of carbonyl (C=O) groups is 2. The first-order valence-electron chi connectivity index (χ1n) is 7.60. The summed E-state index contributed by atoms with van der Waals surface area (Å²) in [6.45, 7) is 2.91. The molecule has 0 aromatic heterocycles. The zero-order valence-electron chi connectivity index (χ0n) is 14.1. The van der Waals surface area contributed by atoms with E-state index in [1.807, 2.05) is 10.3 Å². The number of hydrogen-bond donors (Lipinski definition) is 2. The van der Waals surface area contributed by atoms with E-state index in [4.69, 9.17) is 4.74 Å². The minimum atomic E-state index is -3.91. The van der Waals surface area contributed by atoms with Gasteiger partial charge in [0.05, 0.1) is 17.1 Å². The number of benzene rings is 2. The lowest BCUT2D eigenvalue weighted by Crippen LogP contribution is -2.40. The van der Waals surface area contributed by atoms with Crippen LogP contribution in [0.2, 0.25) is 0 Å². The summed E-state index contributed by atoms with van der Waals surface area (Å²) in [5, 5.41) is 0. The molecular weight excluding hydrogens is 363 g/mol. The number of halogens is 1. The van der Waals surface area contributed by atoms with Gasteiger partial charge in [0, 0.05) is 6.92 Å². The van der Waals surface area contributed by atoms with Gasteiger partial charge < -0.3 is 4.74 Å². The lowest BCUT2D eigenvalue weighted by Gasteiger charge is -2.09. The fourth-order valence-corrected chi connectivity index (χ4v) is 2.98. The van der Waals surface area contributed by atoms with E-state index in [0.29, 0.717) is 11.1 Å². The van der Waals surface area contributed by atoms with Gasteiger partial charge in [-0.2, -0.15) is 0 Å². The van der Waals surface area contributed by atoms with Gasteiger partial charge in [-0.1, -0.05) is 18.2 Å². The summed E-state index contributed by atoms with van der Waals surface area (Å²) < 4.78 is 42.6. The molecule has 0 saturated carbocycles. The molecule has 0 saturated heterocycles. The zero-order chi connectivity index (χ0) is 19.3. The molecule has 0 radical (unpaired) electrons. The number of hydrogen-bond acceptors (Lipinski definition) is 5. The first-order valence-corrected chi connectivity index (χ1v) is 9.08. The van der Waals surface area contributed by atoms with Crippen molar-refractivity contribution in [3.63, 3.8) is 0 Å². The van der Waals surface area contributed by atoms with Crippen molar-refractivity contribution in [2.75, 3.05) is 6.61 Å². The molecule has 2 aromatic carbocycles. The van der Waals surface area contributed by atoms with Crippen LogP contribution in [-0.4, -0.2) is 26.9 Å². The molecule has 2 aromatic rings. The molecule has 0 heterocycles. The summed E-state index contributed by atoms with van der Waals surface area (Å²) in [4.78, 5) is 24.5. The fourth-order valence-electron chi connectivity index (χ4n) is 2.09. The molecule has 0 aliphatic rings. The topological polar surface area (TPSA) is 102 Å². The molecular formula is C17H17FN2O5S. The molecule has 2 N–H and O–H groups in total. The standard InChI is InChI=1S/C17H17FN2O5S/c1-3-25-17(22)15-10-13(6-9-16(15)18)12-4-7-14(8-5-12)26(23,24)20-19-11(2)21/h4-10,20H,3H2,1-2H3,(H,19,21). The summed E-state index contributed by atoms with van der Waals surface area (Å²) in [5.74, 6) is -2.03. The van der Waals surface area contributed by atoms with Crippen LogP contribution in [0.25, 0.3) is 11.1 Å². The third-order valence-corrected chi connectivity index (χ3v) is 4.58. The van der Waals surface area contributed by atoms with Gasteiger partial charge in [0.2, 0.25) is 5.91 Å². The van der Waals surface area contributed by atoms with E-state index in [1.165, 1.54) is 43.3 Å². The largest absolute Gasteiger partial charge is 0.462 e. The molecule has 0 aliphatic heterocycles. The van der Waals surface area contributed by atoms with Crippen LogP contribution in [-0.2, 0) is 19.6 Å². The molecule has 0 aliphatic carbocycles. The Morgan fingerprint density at radius 3 is 2.27 bits per heavy atom. The van der Waals surface area contributed by atoms with E-state index in [0.717, 1.165) is 6.07 Å². The van der Waals surface area contributed by atoms with Gasteiger partial charge in [-0.3, -0.25) is 10.2 Å². The number of carbonyl (C=O) groups excluding carboxylic acids is 2. The Balaban J connectivity index is 2.30. The molecule has 2 rings (SSSR count). The smallest absolute Gasteiger partial charge is 0.341 e. The SMILES string of the molecule is CCOC(=O)c1cc(-c2ccc(S(=O)(=O)NNC(C)=O)cc2)ccc1F. The van der Waals surface area contributed by atoms with Crippen molar-refractivity contribution in [2.24, 2.45) is 0 Å². The predicted molar refractivity (Wildman–Crippen MR) is 91.9 cm³/mol. The van der Waals surface area contributed by atoms with Crippen LogP contribution >= 0.6 is 0 Å². The highest BCUT2D eigenvalue weighted by Gasteiger charge is 2.16. The third kappa shape index (κ3) is 4.64. The minimum absolute atomic E-state index is 0.0669. The van der Waals surface area contributed by atoms with E-state index >= 15 is 0 Å². The number of nitrogens with one attached hydrogen (secondary N) is 2. The van der Waals surface area contributed by atoms with Gasteiger partial charge in [0.15, 0.2) is 0 Å². The van der Waals surface area contributed by atoms with Gasteiger partial charge in [0.1, 0.15) is 5.82 Å². The van der Waals surface area contributed by atoms with E-state index in [-0.39, 0.29) is 17.1 Å². The van der Waals surface area contributed by atoms with Crippen LogP contribution in [0.4, 0.5) is 4.39 Å². The van der Waals surface area contributed by atoms with Crippen molar-refractivity contribution in [1.29, 1.82) is 0 Å². The number of hydrazine groups is 1. The molecule has 7 nitrogen and oxygen atoms in total. The quantitative estimate of drug-likeness (QED) is 0.590. The maximum atomic E-state index is 13.8. The van der Waals surface area contributed by atoms with E-state index < -0.39 is 27.7 Å². The normalized spacial score (nSPS) is 11.0. The van der Waals surface area contributed by atoms with E-state index in [1.54, 1.807) is 6.92 Å². The van der Waals surface area contributed by atoms with Crippen LogP contribution in [0.1, 0.15) is 24.2 Å². The molecule has 0 spiro atoms. The van der Waals surface area contributed by atoms with Gasteiger partial charge in [0.25, 0.3) is 10.0 Å². The van der Waals surface area contributed by atoms with Crippen molar-refractivity contribution in [3.05, 3.63) is 53.8 Å². The van der Waals surface area contributed by atoms with Crippen molar-refractivity contribution in [2.45, 2.75) is 18.7 Å². The minimum Gasteiger partial charge on any atom is -0.462 e. The Hall–Kier alpha value is -2.78. The van der Waals surface area contributed by atoms with Crippen LogP contribution in [0, 0.1) is 5.82 Å². The zero-order valence-corrected chi connectivity index (χ0v) is 14.9. The molecule has 0 fully saturated rings. The first-order chi connectivity index (χ1) is 12.2. The van der Waals surface area contributed by atoms with E-state index in [9.17, 15) is 22.4 Å². The second kappa shape index (κ2) is 8.07. The maximum absolute atomic E-state index is 13.8. The predicted octanol–water partition coefficient (Wildman–Crippen LogP) is 2.00. The highest BCUT2D eigenvalue weighted by molar-refractivity contribution is 7.89. The van der Waals surface area contributed by atoms with Crippen LogP contribution in [0.5, 0.6) is 0 Å².